The number of nitrogens with zero attached hydrogens (tertiary/aromatic N) is 4. The quantitative estimate of drug-likeness (QED) is 0.714. The molecule has 3 aromatic rings. The van der Waals surface area contributed by atoms with Gasteiger partial charge < -0.3 is 4.42 Å². The summed E-state index contributed by atoms with van der Waals surface area (Å²) in [6.07, 6.45) is 1.10. The van der Waals surface area contributed by atoms with E-state index in [1.54, 1.807) is 0 Å². The second kappa shape index (κ2) is 6.81. The molecule has 0 amide bonds. The highest BCUT2D eigenvalue weighted by atomic mass is 16.3. The third-order valence-corrected chi connectivity index (χ3v) is 4.99. The zero-order chi connectivity index (χ0) is 18.1. The van der Waals surface area contributed by atoms with Crippen LogP contribution >= 0.6 is 0 Å². The van der Waals surface area contributed by atoms with Gasteiger partial charge in [-0.2, -0.15) is 10.4 Å². The first-order valence-corrected chi connectivity index (χ1v) is 8.97. The van der Waals surface area contributed by atoms with E-state index in [4.69, 9.17) is 4.42 Å². The molecule has 5 heteroatoms. The molecule has 0 unspecified atom stereocenters. The van der Waals surface area contributed by atoms with Gasteiger partial charge in [-0.15, -0.1) is 0 Å². The highest BCUT2D eigenvalue weighted by Gasteiger charge is 2.26. The largest absolute Gasteiger partial charge is 0.460 e. The summed E-state index contributed by atoms with van der Waals surface area (Å²) in [5, 5.41) is 13.9. The van der Waals surface area contributed by atoms with Gasteiger partial charge >= 0.3 is 0 Å². The Bertz CT molecular complexity index is 963. The molecule has 1 aliphatic heterocycles. The molecule has 26 heavy (non-hydrogen) atoms. The van der Waals surface area contributed by atoms with E-state index in [-0.39, 0.29) is 0 Å². The van der Waals surface area contributed by atoms with Crippen molar-refractivity contribution in [3.05, 3.63) is 65.2 Å². The molecular weight excluding hydrogens is 324 g/mol. The highest BCUT2D eigenvalue weighted by molar-refractivity contribution is 5.66. The van der Waals surface area contributed by atoms with Crippen LogP contribution in [0.25, 0.3) is 11.3 Å². The van der Waals surface area contributed by atoms with Crippen LogP contribution in [0.5, 0.6) is 0 Å². The van der Waals surface area contributed by atoms with Crippen molar-refractivity contribution >= 4 is 0 Å². The van der Waals surface area contributed by atoms with Crippen molar-refractivity contribution in [1.82, 2.24) is 14.7 Å². The fourth-order valence-corrected chi connectivity index (χ4v) is 3.79. The molecule has 0 radical (unpaired) electrons. The van der Waals surface area contributed by atoms with Crippen LogP contribution in [0.4, 0.5) is 0 Å². The molecule has 2 aromatic heterocycles. The lowest BCUT2D eigenvalue weighted by Crippen LogP contribution is -2.21. The number of nitriles is 1. The molecule has 0 spiro atoms. The Morgan fingerprint density at radius 2 is 2.08 bits per heavy atom. The Kier molecular flexibility index (Phi) is 4.36. The SMILES string of the molecule is Cc1cc(C)n([C@H]2CCN(Cc3ccc(-c4ccccc4C#N)o3)C2)n1. The predicted molar refractivity (Wildman–Crippen MR) is 99.5 cm³/mol. The smallest absolute Gasteiger partial charge is 0.135 e. The van der Waals surface area contributed by atoms with E-state index in [0.29, 0.717) is 11.6 Å². The lowest BCUT2D eigenvalue weighted by Gasteiger charge is -2.16. The van der Waals surface area contributed by atoms with Gasteiger partial charge in [0.1, 0.15) is 11.5 Å². The topological polar surface area (TPSA) is 58.0 Å². The summed E-state index contributed by atoms with van der Waals surface area (Å²) in [4.78, 5) is 2.40. The molecular formula is C21H22N4O. The Labute approximate surface area is 153 Å². The molecule has 1 fully saturated rings. The van der Waals surface area contributed by atoms with Crippen LogP contribution in [0.15, 0.2) is 46.9 Å². The summed E-state index contributed by atoms with van der Waals surface area (Å²) < 4.78 is 8.19. The Hall–Kier alpha value is -2.84. The number of rotatable bonds is 4. The molecule has 4 rings (SSSR count). The maximum atomic E-state index is 9.27. The van der Waals surface area contributed by atoms with Crippen molar-refractivity contribution < 1.29 is 4.42 Å². The second-order valence-corrected chi connectivity index (χ2v) is 6.97. The van der Waals surface area contributed by atoms with Gasteiger partial charge in [0.25, 0.3) is 0 Å². The fraction of sp³-hybridized carbons (Fsp3) is 0.333. The average Bonchev–Trinajstić information content (AvgIpc) is 3.36. The van der Waals surface area contributed by atoms with Crippen LogP contribution < -0.4 is 0 Å². The maximum absolute atomic E-state index is 9.27. The van der Waals surface area contributed by atoms with Crippen LogP contribution in [0.2, 0.25) is 0 Å². The van der Waals surface area contributed by atoms with Crippen molar-refractivity contribution in [2.24, 2.45) is 0 Å². The molecule has 1 saturated heterocycles. The van der Waals surface area contributed by atoms with E-state index < -0.39 is 0 Å². The van der Waals surface area contributed by atoms with E-state index in [2.05, 4.69) is 33.7 Å². The van der Waals surface area contributed by atoms with Crippen LogP contribution in [-0.4, -0.2) is 27.8 Å². The van der Waals surface area contributed by atoms with Crippen LogP contribution in [0.3, 0.4) is 0 Å². The zero-order valence-corrected chi connectivity index (χ0v) is 15.1. The van der Waals surface area contributed by atoms with Crippen molar-refractivity contribution in [2.45, 2.75) is 32.9 Å². The first-order chi connectivity index (χ1) is 12.6. The van der Waals surface area contributed by atoms with Gasteiger partial charge in [-0.3, -0.25) is 9.58 Å². The molecule has 1 aromatic carbocycles. The normalized spacial score (nSPS) is 17.5. The summed E-state index contributed by atoms with van der Waals surface area (Å²) >= 11 is 0. The lowest BCUT2D eigenvalue weighted by molar-refractivity contribution is 0.284. The number of hydrogen-bond donors (Lipinski definition) is 0. The van der Waals surface area contributed by atoms with Gasteiger partial charge in [-0.1, -0.05) is 12.1 Å². The van der Waals surface area contributed by atoms with Crippen LogP contribution in [0.1, 0.15) is 35.2 Å². The van der Waals surface area contributed by atoms with Gasteiger partial charge in [-0.25, -0.2) is 0 Å². The fourth-order valence-electron chi connectivity index (χ4n) is 3.79. The molecule has 132 valence electrons. The number of furan rings is 1. The number of benzene rings is 1. The van der Waals surface area contributed by atoms with Crippen LogP contribution in [0, 0.1) is 25.2 Å². The summed E-state index contributed by atoms with van der Waals surface area (Å²) in [5.74, 6) is 1.69. The van der Waals surface area contributed by atoms with Gasteiger partial charge in [0, 0.05) is 24.3 Å². The monoisotopic (exact) mass is 346 g/mol. The third-order valence-electron chi connectivity index (χ3n) is 4.99. The average molecular weight is 346 g/mol. The van der Waals surface area contributed by atoms with Gasteiger partial charge in [0.2, 0.25) is 0 Å². The molecule has 0 aliphatic carbocycles. The lowest BCUT2D eigenvalue weighted by atomic mass is 10.1. The first-order valence-electron chi connectivity index (χ1n) is 8.97. The van der Waals surface area contributed by atoms with Crippen molar-refractivity contribution in [1.29, 1.82) is 5.26 Å². The summed E-state index contributed by atoms with van der Waals surface area (Å²) in [6, 6.07) is 16.3. The van der Waals surface area contributed by atoms with Gasteiger partial charge in [-0.05, 0) is 50.6 Å². The van der Waals surface area contributed by atoms with Crippen molar-refractivity contribution in [3.63, 3.8) is 0 Å². The Morgan fingerprint density at radius 3 is 2.85 bits per heavy atom. The van der Waals surface area contributed by atoms with Gasteiger partial charge in [0.05, 0.1) is 29.9 Å². The van der Waals surface area contributed by atoms with E-state index in [1.165, 1.54) is 5.69 Å². The summed E-state index contributed by atoms with van der Waals surface area (Å²) in [6.45, 7) is 6.96. The molecule has 1 aliphatic rings. The van der Waals surface area contributed by atoms with E-state index >= 15 is 0 Å². The molecule has 1 atom stereocenters. The first kappa shape index (κ1) is 16.6. The molecule has 5 nitrogen and oxygen atoms in total. The number of aromatic nitrogens is 2. The number of likely N-dealkylation sites (tertiary alicyclic amines) is 1. The highest BCUT2D eigenvalue weighted by Crippen LogP contribution is 2.28. The van der Waals surface area contributed by atoms with Crippen molar-refractivity contribution in [3.8, 4) is 17.4 Å². The van der Waals surface area contributed by atoms with E-state index in [1.807, 2.05) is 43.3 Å². The van der Waals surface area contributed by atoms with Gasteiger partial charge in [0.15, 0.2) is 0 Å². The maximum Gasteiger partial charge on any atom is 0.135 e. The van der Waals surface area contributed by atoms with Crippen LogP contribution in [-0.2, 0) is 6.54 Å². The Morgan fingerprint density at radius 1 is 1.23 bits per heavy atom. The number of aryl methyl sites for hydroxylation is 2. The summed E-state index contributed by atoms with van der Waals surface area (Å²) in [5.41, 5.74) is 3.79. The molecule has 0 saturated carbocycles. The minimum absolute atomic E-state index is 0.428. The minimum atomic E-state index is 0.428. The number of hydrogen-bond acceptors (Lipinski definition) is 4. The molecule has 0 bridgehead atoms. The third kappa shape index (κ3) is 3.16. The second-order valence-electron chi connectivity index (χ2n) is 6.97. The predicted octanol–water partition coefficient (Wildman–Crippen LogP) is 4.08. The zero-order valence-electron chi connectivity index (χ0n) is 15.1. The molecule has 3 heterocycles. The summed E-state index contributed by atoms with van der Waals surface area (Å²) in [7, 11) is 0. The Balaban J connectivity index is 1.45. The minimum Gasteiger partial charge on any atom is -0.460 e. The van der Waals surface area contributed by atoms with E-state index in [9.17, 15) is 5.26 Å². The molecule has 0 N–H and O–H groups in total. The standard InChI is InChI=1S/C21H22N4O/c1-15-11-16(2)25(23-15)18-9-10-24(13-18)14-19-7-8-21(26-19)20-6-4-3-5-17(20)12-22/h3-8,11,18H,9-10,13-14H2,1-2H3/t18-/m0/s1. The van der Waals surface area contributed by atoms with Crippen molar-refractivity contribution in [2.75, 3.05) is 13.1 Å². The van der Waals surface area contributed by atoms with E-state index in [0.717, 1.165) is 48.8 Å².